The van der Waals surface area contributed by atoms with Crippen LogP contribution in [0.3, 0.4) is 0 Å². The van der Waals surface area contributed by atoms with Gasteiger partial charge in [-0.05, 0) is 43.8 Å². The quantitative estimate of drug-likeness (QED) is 0.500. The Morgan fingerprint density at radius 2 is 1.71 bits per heavy atom. The van der Waals surface area contributed by atoms with Crippen molar-refractivity contribution in [2.24, 2.45) is 4.99 Å². The van der Waals surface area contributed by atoms with Crippen molar-refractivity contribution in [3.05, 3.63) is 71.6 Å². The summed E-state index contributed by atoms with van der Waals surface area (Å²) in [7, 11) is 0. The number of benzene rings is 2. The van der Waals surface area contributed by atoms with E-state index in [4.69, 9.17) is 10.5 Å². The van der Waals surface area contributed by atoms with Gasteiger partial charge >= 0.3 is 0 Å². The highest BCUT2D eigenvalue weighted by Gasteiger charge is 2.11. The van der Waals surface area contributed by atoms with Gasteiger partial charge in [0.05, 0.1) is 0 Å². The zero-order valence-corrected chi connectivity index (χ0v) is 12.4. The Labute approximate surface area is 125 Å². The lowest BCUT2D eigenvalue weighted by molar-refractivity contribution is 0.133. The molecule has 21 heavy (non-hydrogen) atoms. The van der Waals surface area contributed by atoms with Gasteiger partial charge in [-0.15, -0.1) is 0 Å². The molecule has 0 amide bonds. The molecular weight excluding hydrogens is 260 g/mol. The standard InChI is InChI=1S/C18H20N2O/c1-13(15-9-11-17(19)12-10-15)18(20-3)21-14(2)16-7-5-4-6-8-16/h4-12,14H,3,19H2,1-2H3/b18-13-. The van der Waals surface area contributed by atoms with Crippen LogP contribution in [-0.2, 0) is 4.74 Å². The van der Waals surface area contributed by atoms with Crippen LogP contribution in [0.25, 0.3) is 5.57 Å². The maximum Gasteiger partial charge on any atom is 0.216 e. The van der Waals surface area contributed by atoms with E-state index in [1.165, 1.54) is 0 Å². The fourth-order valence-electron chi connectivity index (χ4n) is 2.06. The molecule has 2 N–H and O–H groups in total. The molecule has 0 spiro atoms. The van der Waals surface area contributed by atoms with Crippen molar-refractivity contribution in [3.63, 3.8) is 0 Å². The maximum atomic E-state index is 5.95. The number of hydrogen-bond acceptors (Lipinski definition) is 3. The van der Waals surface area contributed by atoms with E-state index < -0.39 is 0 Å². The van der Waals surface area contributed by atoms with Crippen LogP contribution in [0.2, 0.25) is 0 Å². The average molecular weight is 280 g/mol. The maximum absolute atomic E-state index is 5.95. The molecule has 1 unspecified atom stereocenters. The lowest BCUT2D eigenvalue weighted by Crippen LogP contribution is -2.00. The molecule has 2 aromatic rings. The van der Waals surface area contributed by atoms with Crippen molar-refractivity contribution in [2.75, 3.05) is 5.73 Å². The second kappa shape index (κ2) is 6.75. The van der Waals surface area contributed by atoms with Crippen LogP contribution in [0, 0.1) is 0 Å². The third-order valence-corrected chi connectivity index (χ3v) is 3.37. The number of allylic oxidation sites excluding steroid dienone is 1. The molecular formula is C18H20N2O. The molecule has 0 fully saturated rings. The second-order valence-corrected chi connectivity index (χ2v) is 4.88. The number of hydrogen-bond donors (Lipinski definition) is 1. The molecule has 0 radical (unpaired) electrons. The highest BCUT2D eigenvalue weighted by Crippen LogP contribution is 2.26. The predicted octanol–water partition coefficient (Wildman–Crippen LogP) is 4.44. The van der Waals surface area contributed by atoms with E-state index in [1.807, 2.05) is 68.4 Å². The molecule has 108 valence electrons. The van der Waals surface area contributed by atoms with Crippen molar-refractivity contribution in [3.8, 4) is 0 Å². The molecule has 1 atom stereocenters. The number of anilines is 1. The minimum atomic E-state index is -0.0876. The van der Waals surface area contributed by atoms with E-state index >= 15 is 0 Å². The van der Waals surface area contributed by atoms with Gasteiger partial charge in [0.15, 0.2) is 0 Å². The fraction of sp³-hybridized carbons (Fsp3) is 0.167. The molecule has 0 aliphatic rings. The number of ether oxygens (including phenoxy) is 1. The van der Waals surface area contributed by atoms with Gasteiger partial charge in [0, 0.05) is 11.3 Å². The molecule has 2 rings (SSSR count). The van der Waals surface area contributed by atoms with Gasteiger partial charge in [-0.2, -0.15) is 0 Å². The van der Waals surface area contributed by atoms with E-state index in [0.717, 1.165) is 22.4 Å². The zero-order chi connectivity index (χ0) is 15.2. The number of nitrogens with two attached hydrogens (primary N) is 1. The van der Waals surface area contributed by atoms with Gasteiger partial charge < -0.3 is 10.5 Å². The molecule has 0 heterocycles. The SMILES string of the molecule is C=N/C(OC(C)c1ccccc1)=C(\C)c1ccc(N)cc1. The predicted molar refractivity (Wildman–Crippen MR) is 88.9 cm³/mol. The lowest BCUT2D eigenvalue weighted by atomic mass is 10.1. The molecule has 0 saturated carbocycles. The summed E-state index contributed by atoms with van der Waals surface area (Å²) in [5, 5.41) is 0. The Kier molecular flexibility index (Phi) is 4.77. The van der Waals surface area contributed by atoms with Crippen molar-refractivity contribution in [1.82, 2.24) is 0 Å². The fourth-order valence-corrected chi connectivity index (χ4v) is 2.06. The largest absolute Gasteiger partial charge is 0.470 e. The van der Waals surface area contributed by atoms with E-state index in [2.05, 4.69) is 11.7 Å². The van der Waals surface area contributed by atoms with E-state index in [9.17, 15) is 0 Å². The highest BCUT2D eigenvalue weighted by molar-refractivity contribution is 5.67. The van der Waals surface area contributed by atoms with E-state index in [0.29, 0.717) is 5.88 Å². The minimum Gasteiger partial charge on any atom is -0.470 e. The number of nitrogens with zero attached hydrogens (tertiary/aromatic N) is 1. The van der Waals surface area contributed by atoms with Gasteiger partial charge in [0.25, 0.3) is 0 Å². The summed E-state index contributed by atoms with van der Waals surface area (Å²) >= 11 is 0. The Bertz CT molecular complexity index is 630. The lowest BCUT2D eigenvalue weighted by Gasteiger charge is -2.17. The first-order valence-electron chi connectivity index (χ1n) is 6.87. The highest BCUT2D eigenvalue weighted by atomic mass is 16.5. The average Bonchev–Trinajstić information content (AvgIpc) is 2.53. The summed E-state index contributed by atoms with van der Waals surface area (Å²) in [5.41, 5.74) is 9.50. The molecule has 0 aliphatic heterocycles. The minimum absolute atomic E-state index is 0.0876. The van der Waals surface area contributed by atoms with Crippen molar-refractivity contribution < 1.29 is 4.74 Å². The molecule has 3 heteroatoms. The third-order valence-electron chi connectivity index (χ3n) is 3.37. The Hall–Kier alpha value is -2.55. The number of nitrogen functional groups attached to an aromatic ring is 1. The van der Waals surface area contributed by atoms with Gasteiger partial charge in [0.2, 0.25) is 5.88 Å². The first-order chi connectivity index (χ1) is 10.1. The van der Waals surface area contributed by atoms with Gasteiger partial charge in [-0.3, -0.25) is 0 Å². The van der Waals surface area contributed by atoms with Gasteiger partial charge in [-0.25, -0.2) is 4.99 Å². The van der Waals surface area contributed by atoms with Crippen LogP contribution >= 0.6 is 0 Å². The summed E-state index contributed by atoms with van der Waals surface area (Å²) in [4.78, 5) is 4.03. The summed E-state index contributed by atoms with van der Waals surface area (Å²) in [6.07, 6.45) is -0.0876. The van der Waals surface area contributed by atoms with Crippen LogP contribution in [0.15, 0.2) is 65.5 Å². The van der Waals surface area contributed by atoms with Crippen LogP contribution < -0.4 is 5.73 Å². The smallest absolute Gasteiger partial charge is 0.216 e. The summed E-state index contributed by atoms with van der Waals surface area (Å²) < 4.78 is 5.95. The molecule has 3 nitrogen and oxygen atoms in total. The second-order valence-electron chi connectivity index (χ2n) is 4.88. The normalized spacial score (nSPS) is 13.2. The Morgan fingerprint density at radius 3 is 2.29 bits per heavy atom. The van der Waals surface area contributed by atoms with E-state index in [-0.39, 0.29) is 6.10 Å². The summed E-state index contributed by atoms with van der Waals surface area (Å²) in [6, 6.07) is 17.7. The first kappa shape index (κ1) is 14.9. The first-order valence-corrected chi connectivity index (χ1v) is 6.87. The molecule has 0 saturated heterocycles. The zero-order valence-electron chi connectivity index (χ0n) is 12.4. The summed E-state index contributed by atoms with van der Waals surface area (Å²) in [6.45, 7) is 7.58. The molecule has 2 aromatic carbocycles. The molecule has 0 aliphatic carbocycles. The van der Waals surface area contributed by atoms with Crippen LogP contribution in [0.1, 0.15) is 31.1 Å². The van der Waals surface area contributed by atoms with Crippen LogP contribution in [-0.4, -0.2) is 6.72 Å². The monoisotopic (exact) mass is 280 g/mol. The Morgan fingerprint density at radius 1 is 1.10 bits per heavy atom. The number of rotatable bonds is 5. The van der Waals surface area contributed by atoms with Gasteiger partial charge in [0.1, 0.15) is 6.10 Å². The summed E-state index contributed by atoms with van der Waals surface area (Å²) in [5.74, 6) is 0.538. The van der Waals surface area contributed by atoms with Crippen LogP contribution in [0.4, 0.5) is 5.69 Å². The van der Waals surface area contributed by atoms with Crippen LogP contribution in [0.5, 0.6) is 0 Å². The Balaban J connectivity index is 2.24. The van der Waals surface area contributed by atoms with E-state index in [1.54, 1.807) is 0 Å². The van der Waals surface area contributed by atoms with Crippen molar-refractivity contribution >= 4 is 18.0 Å². The molecule has 0 bridgehead atoms. The van der Waals surface area contributed by atoms with Gasteiger partial charge in [-0.1, -0.05) is 42.5 Å². The molecule has 0 aromatic heterocycles. The van der Waals surface area contributed by atoms with Crippen molar-refractivity contribution in [1.29, 1.82) is 0 Å². The number of aliphatic imine (C=N–C) groups is 1. The van der Waals surface area contributed by atoms with Crippen molar-refractivity contribution in [2.45, 2.75) is 20.0 Å². The third kappa shape index (κ3) is 3.72. The topological polar surface area (TPSA) is 47.6 Å².